The van der Waals surface area contributed by atoms with Crippen molar-refractivity contribution in [3.63, 3.8) is 0 Å². The summed E-state index contributed by atoms with van der Waals surface area (Å²) < 4.78 is 0. The molecule has 0 bridgehead atoms. The molecule has 0 saturated carbocycles. The van der Waals surface area contributed by atoms with Gasteiger partial charge in [-0.05, 0) is 86.6 Å². The minimum atomic E-state index is -0.0178. The molecule has 3 aromatic rings. The van der Waals surface area contributed by atoms with Crippen LogP contribution in [0.3, 0.4) is 0 Å². The molecule has 0 saturated heterocycles. The molecule has 3 rings (SSSR count). The van der Waals surface area contributed by atoms with E-state index in [0.717, 1.165) is 33.4 Å². The van der Waals surface area contributed by atoms with E-state index in [1.165, 1.54) is 16.7 Å². The number of aromatic hydroxyl groups is 3. The van der Waals surface area contributed by atoms with Gasteiger partial charge in [-0.1, -0.05) is 178 Å². The predicted molar refractivity (Wildman–Crippen MR) is 211 cm³/mol. The Morgan fingerprint density at radius 3 is 0.469 bits per heavy atom. The molecule has 0 heterocycles. The fourth-order valence-corrected chi connectivity index (χ4v) is 5.77. The van der Waals surface area contributed by atoms with Crippen LogP contribution in [0.25, 0.3) is 0 Å². The van der Waals surface area contributed by atoms with E-state index in [2.05, 4.69) is 182 Å². The van der Waals surface area contributed by atoms with Gasteiger partial charge in [0.2, 0.25) is 0 Å². The molecule has 49 heavy (non-hydrogen) atoms. The van der Waals surface area contributed by atoms with Gasteiger partial charge in [-0.25, -0.2) is 0 Å². The summed E-state index contributed by atoms with van der Waals surface area (Å²) in [5.74, 6) is 1.39. The number of rotatable bonds is 0. The monoisotopic (exact) mass is 818 g/mol. The molecule has 0 fully saturated rings. The molecule has 0 aliphatic heterocycles. The maximum atomic E-state index is 10.4. The second-order valence-electron chi connectivity index (χ2n) is 20.1. The summed E-state index contributed by atoms with van der Waals surface area (Å²) in [7, 11) is 0. The van der Waals surface area contributed by atoms with Crippen LogP contribution in [-0.4, -0.2) is 15.3 Å². The SMILES string of the molecule is Cc1cc(C(C)(C)C)c(O)c(C(C)(C)C)c1.Cc1cc(C(C)(C)C)c(O)c(C(C)(C)C)c1.Cc1cc(C(C)(C)C)c(O)c(C(C)(C)C)c1.[Gd]. The quantitative estimate of drug-likeness (QED) is 0.212. The maximum absolute atomic E-state index is 10.4. The standard InChI is InChI=1S/3C15H24O.Gd/c3*1-10-8-11(14(2,3)4)13(16)12(9-10)15(5,6)7;/h3*8-9,16H,1-7H3;. The Kier molecular flexibility index (Phi) is 15.8. The van der Waals surface area contributed by atoms with E-state index in [1.807, 2.05) is 0 Å². The molecular weight excluding hydrogens is 746 g/mol. The fourth-order valence-electron chi connectivity index (χ4n) is 5.77. The van der Waals surface area contributed by atoms with Crippen molar-refractivity contribution in [3.05, 3.63) is 86.5 Å². The number of aryl methyl sites for hydroxylation is 3. The average molecular weight is 818 g/mol. The van der Waals surface area contributed by atoms with E-state index in [0.29, 0.717) is 17.2 Å². The molecule has 0 radical (unpaired) electrons. The molecule has 3 nitrogen and oxygen atoms in total. The Hall–Kier alpha value is -1.62. The number of hydrogen-bond acceptors (Lipinski definition) is 3. The van der Waals surface area contributed by atoms with Crippen molar-refractivity contribution in [2.75, 3.05) is 0 Å². The first-order valence-corrected chi connectivity index (χ1v) is 17.6. The van der Waals surface area contributed by atoms with Crippen molar-refractivity contribution >= 4 is 0 Å². The topological polar surface area (TPSA) is 60.7 Å². The Labute approximate surface area is 334 Å². The maximum Gasteiger partial charge on any atom is 0.123 e. The molecular formula is C45H72GdO3. The predicted octanol–water partition coefficient (Wildman–Crippen LogP) is 12.9. The van der Waals surface area contributed by atoms with Gasteiger partial charge in [0.1, 0.15) is 17.2 Å². The van der Waals surface area contributed by atoms with E-state index in [4.69, 9.17) is 0 Å². The summed E-state index contributed by atoms with van der Waals surface area (Å²) in [5.41, 5.74) is 9.78. The average Bonchev–Trinajstić information content (AvgIpc) is 2.84. The number of phenols is 3. The first kappa shape index (κ1) is 47.4. The van der Waals surface area contributed by atoms with E-state index < -0.39 is 0 Å². The zero-order valence-corrected chi connectivity index (χ0v) is 37.4. The third-order valence-electron chi connectivity index (χ3n) is 8.61. The van der Waals surface area contributed by atoms with Crippen molar-refractivity contribution in [1.82, 2.24) is 0 Å². The van der Waals surface area contributed by atoms with Gasteiger partial charge in [-0.3, -0.25) is 0 Å². The van der Waals surface area contributed by atoms with E-state index in [-0.39, 0.29) is 72.4 Å². The van der Waals surface area contributed by atoms with Gasteiger partial charge in [0.05, 0.1) is 0 Å². The third kappa shape index (κ3) is 13.5. The van der Waals surface area contributed by atoms with Crippen LogP contribution >= 0.6 is 0 Å². The zero-order chi connectivity index (χ0) is 38.2. The van der Waals surface area contributed by atoms with Crippen molar-refractivity contribution in [1.29, 1.82) is 0 Å². The van der Waals surface area contributed by atoms with Gasteiger partial charge in [-0.15, -0.1) is 0 Å². The number of hydrogen-bond donors (Lipinski definition) is 3. The van der Waals surface area contributed by atoms with Crippen LogP contribution in [0.1, 0.15) is 175 Å². The van der Waals surface area contributed by atoms with Gasteiger partial charge in [0, 0.05) is 39.9 Å². The molecule has 0 aliphatic carbocycles. The van der Waals surface area contributed by atoms with E-state index in [9.17, 15) is 15.3 Å². The second kappa shape index (κ2) is 16.4. The van der Waals surface area contributed by atoms with Crippen LogP contribution in [0.15, 0.2) is 36.4 Å². The van der Waals surface area contributed by atoms with Gasteiger partial charge < -0.3 is 15.3 Å². The molecule has 0 unspecified atom stereocenters. The van der Waals surface area contributed by atoms with Crippen molar-refractivity contribution in [3.8, 4) is 17.2 Å². The summed E-state index contributed by atoms with van der Waals surface area (Å²) in [5, 5.41) is 31.2. The summed E-state index contributed by atoms with van der Waals surface area (Å²) in [6.45, 7) is 44.7. The summed E-state index contributed by atoms with van der Waals surface area (Å²) in [6.07, 6.45) is 0. The summed E-state index contributed by atoms with van der Waals surface area (Å²) in [6, 6.07) is 12.5. The molecule has 0 aromatic heterocycles. The van der Waals surface area contributed by atoms with Gasteiger partial charge in [0.15, 0.2) is 0 Å². The second-order valence-corrected chi connectivity index (χ2v) is 20.1. The molecule has 3 aromatic carbocycles. The van der Waals surface area contributed by atoms with Gasteiger partial charge in [-0.2, -0.15) is 0 Å². The third-order valence-corrected chi connectivity index (χ3v) is 8.61. The zero-order valence-electron chi connectivity index (χ0n) is 35.2. The van der Waals surface area contributed by atoms with Gasteiger partial charge in [0.25, 0.3) is 0 Å². The first-order chi connectivity index (χ1) is 21.1. The summed E-state index contributed by atoms with van der Waals surface area (Å²) in [4.78, 5) is 0. The van der Waals surface area contributed by atoms with Crippen LogP contribution in [0.2, 0.25) is 0 Å². The minimum Gasteiger partial charge on any atom is -0.507 e. The van der Waals surface area contributed by atoms with Crippen molar-refractivity contribution in [2.45, 2.75) is 178 Å². The molecule has 0 spiro atoms. The first-order valence-electron chi connectivity index (χ1n) is 17.6. The van der Waals surface area contributed by atoms with E-state index in [1.54, 1.807) is 0 Å². The smallest absolute Gasteiger partial charge is 0.123 e. The van der Waals surface area contributed by atoms with Crippen molar-refractivity contribution in [2.24, 2.45) is 0 Å². The van der Waals surface area contributed by atoms with Crippen LogP contribution in [0.4, 0.5) is 0 Å². The van der Waals surface area contributed by atoms with Crippen LogP contribution < -0.4 is 0 Å². The Morgan fingerprint density at radius 2 is 0.388 bits per heavy atom. The Bertz CT molecular complexity index is 1260. The summed E-state index contributed by atoms with van der Waals surface area (Å²) >= 11 is 0. The largest absolute Gasteiger partial charge is 0.507 e. The molecule has 0 aliphatic rings. The van der Waals surface area contributed by atoms with Crippen LogP contribution in [-0.2, 0) is 32.5 Å². The Balaban J connectivity index is 0.000000698. The molecule has 3 N–H and O–H groups in total. The molecule has 4 heteroatoms. The minimum absolute atomic E-state index is 0. The molecule has 278 valence electrons. The molecule has 0 amide bonds. The van der Waals surface area contributed by atoms with Crippen molar-refractivity contribution < 1.29 is 55.3 Å². The fraction of sp³-hybridized carbons (Fsp3) is 0.600. The van der Waals surface area contributed by atoms with Crippen LogP contribution in [0.5, 0.6) is 17.2 Å². The number of phenolic OH excluding ortho intramolecular Hbond substituents is 3. The molecule has 0 atom stereocenters. The van der Waals surface area contributed by atoms with Gasteiger partial charge >= 0.3 is 0 Å². The van der Waals surface area contributed by atoms with Crippen LogP contribution in [0, 0.1) is 60.7 Å². The normalized spacial score (nSPS) is 12.7. The Morgan fingerprint density at radius 1 is 0.286 bits per heavy atom. The number of benzene rings is 3. The van der Waals surface area contributed by atoms with E-state index >= 15 is 0 Å².